The first kappa shape index (κ1) is 15.0. The van der Waals surface area contributed by atoms with Crippen molar-refractivity contribution in [3.05, 3.63) is 28.4 Å². The molecule has 2 aromatic heterocycles. The molecule has 0 saturated carbocycles. The zero-order chi connectivity index (χ0) is 15.8. The fourth-order valence-corrected chi connectivity index (χ4v) is 4.11. The fourth-order valence-electron chi connectivity index (χ4n) is 3.24. The van der Waals surface area contributed by atoms with Crippen molar-refractivity contribution >= 4 is 28.8 Å². The summed E-state index contributed by atoms with van der Waals surface area (Å²) in [5, 5.41) is 3.87. The maximum absolute atomic E-state index is 12.4. The number of rotatable bonds is 4. The second-order valence-electron chi connectivity index (χ2n) is 5.87. The standard InChI is InChI=1S/C15H16ClN3O3S/c16-12-7-17-15(21-12)22-13-2-1-11(23-13)14(20)18-10-8-19-5-3-9(10)4-6-19/h1-2,7,9-10H,3-6,8H2,(H,18,20). The Balaban J connectivity index is 1.39. The lowest BCUT2D eigenvalue weighted by atomic mass is 9.84. The summed E-state index contributed by atoms with van der Waals surface area (Å²) in [4.78, 5) is 19.3. The van der Waals surface area contributed by atoms with Crippen LogP contribution in [0.5, 0.6) is 11.1 Å². The molecule has 3 fully saturated rings. The van der Waals surface area contributed by atoms with Crippen LogP contribution in [0, 0.1) is 5.92 Å². The molecule has 5 heterocycles. The zero-order valence-electron chi connectivity index (χ0n) is 12.3. The summed E-state index contributed by atoms with van der Waals surface area (Å²) in [5.41, 5.74) is 0. The Hall–Kier alpha value is -1.57. The topological polar surface area (TPSA) is 67.6 Å². The van der Waals surface area contributed by atoms with Gasteiger partial charge in [0.1, 0.15) is 0 Å². The summed E-state index contributed by atoms with van der Waals surface area (Å²) in [6, 6.07) is 3.73. The largest absolute Gasteiger partial charge is 0.401 e. The predicted molar refractivity (Wildman–Crippen MR) is 86.3 cm³/mol. The van der Waals surface area contributed by atoms with Gasteiger partial charge in [-0.15, -0.1) is 0 Å². The van der Waals surface area contributed by atoms with Gasteiger partial charge in [-0.3, -0.25) is 4.79 Å². The van der Waals surface area contributed by atoms with E-state index < -0.39 is 0 Å². The Morgan fingerprint density at radius 2 is 2.26 bits per heavy atom. The molecule has 6 nitrogen and oxygen atoms in total. The molecule has 2 bridgehead atoms. The molecule has 0 spiro atoms. The van der Waals surface area contributed by atoms with Crippen LogP contribution in [0.2, 0.25) is 5.22 Å². The van der Waals surface area contributed by atoms with Gasteiger partial charge in [-0.05, 0) is 55.6 Å². The van der Waals surface area contributed by atoms with Gasteiger partial charge in [0.2, 0.25) is 5.22 Å². The first-order valence-corrected chi connectivity index (χ1v) is 8.79. The second kappa shape index (κ2) is 6.14. The molecule has 122 valence electrons. The Morgan fingerprint density at radius 3 is 2.91 bits per heavy atom. The van der Waals surface area contributed by atoms with Crippen molar-refractivity contribution in [2.45, 2.75) is 18.9 Å². The van der Waals surface area contributed by atoms with Crippen molar-refractivity contribution in [3.63, 3.8) is 0 Å². The van der Waals surface area contributed by atoms with E-state index in [9.17, 15) is 4.79 Å². The molecule has 5 rings (SSSR count). The number of carbonyl (C=O) groups is 1. The minimum absolute atomic E-state index is 0.0472. The molecule has 1 atom stereocenters. The van der Waals surface area contributed by atoms with Gasteiger partial charge >= 0.3 is 6.08 Å². The molecule has 23 heavy (non-hydrogen) atoms. The van der Waals surface area contributed by atoms with Crippen molar-refractivity contribution < 1.29 is 13.9 Å². The van der Waals surface area contributed by atoms with Crippen LogP contribution in [0.4, 0.5) is 0 Å². The Bertz CT molecular complexity index is 708. The van der Waals surface area contributed by atoms with Gasteiger partial charge in [0, 0.05) is 12.6 Å². The highest BCUT2D eigenvalue weighted by molar-refractivity contribution is 7.15. The first-order chi connectivity index (χ1) is 11.2. The number of halogens is 1. The van der Waals surface area contributed by atoms with Gasteiger partial charge in [0.25, 0.3) is 5.91 Å². The van der Waals surface area contributed by atoms with Crippen molar-refractivity contribution in [2.24, 2.45) is 5.92 Å². The highest BCUT2D eigenvalue weighted by Crippen LogP contribution is 2.31. The van der Waals surface area contributed by atoms with E-state index in [0.29, 0.717) is 15.9 Å². The van der Waals surface area contributed by atoms with E-state index in [1.807, 2.05) is 0 Å². The van der Waals surface area contributed by atoms with E-state index in [1.54, 1.807) is 12.1 Å². The summed E-state index contributed by atoms with van der Waals surface area (Å²) < 4.78 is 10.5. The van der Waals surface area contributed by atoms with Crippen LogP contribution >= 0.6 is 22.9 Å². The van der Waals surface area contributed by atoms with E-state index in [1.165, 1.54) is 30.4 Å². The van der Waals surface area contributed by atoms with Gasteiger partial charge < -0.3 is 19.4 Å². The van der Waals surface area contributed by atoms with Crippen molar-refractivity contribution in [1.82, 2.24) is 15.2 Å². The van der Waals surface area contributed by atoms with E-state index in [2.05, 4.69) is 15.2 Å². The Morgan fingerprint density at radius 1 is 1.43 bits per heavy atom. The van der Waals surface area contributed by atoms with Crippen molar-refractivity contribution in [2.75, 3.05) is 19.6 Å². The van der Waals surface area contributed by atoms with Gasteiger partial charge in [-0.2, -0.15) is 4.98 Å². The lowest BCUT2D eigenvalue weighted by Gasteiger charge is -2.44. The quantitative estimate of drug-likeness (QED) is 0.915. The Kier molecular flexibility index (Phi) is 4.00. The SMILES string of the molecule is O=C(NC1CN2CCC1CC2)c1ccc(Oc2ncc(Cl)o2)s1. The van der Waals surface area contributed by atoms with E-state index in [0.717, 1.165) is 19.6 Å². The molecule has 8 heteroatoms. The molecule has 0 aromatic carbocycles. The number of hydrogen-bond acceptors (Lipinski definition) is 6. The number of fused-ring (bicyclic) bond motifs is 3. The number of nitrogens with zero attached hydrogens (tertiary/aromatic N) is 2. The smallest absolute Gasteiger partial charge is 0.400 e. The average Bonchev–Trinajstić information content (AvgIpc) is 3.18. The van der Waals surface area contributed by atoms with Gasteiger partial charge in [-0.25, -0.2) is 0 Å². The number of carbonyl (C=O) groups excluding carboxylic acids is 1. The maximum atomic E-state index is 12.4. The number of amides is 1. The lowest BCUT2D eigenvalue weighted by Crippen LogP contribution is -2.57. The van der Waals surface area contributed by atoms with Gasteiger partial charge in [0.05, 0.1) is 11.1 Å². The zero-order valence-corrected chi connectivity index (χ0v) is 13.9. The van der Waals surface area contributed by atoms with E-state index >= 15 is 0 Å². The minimum Gasteiger partial charge on any atom is -0.400 e. The minimum atomic E-state index is -0.0472. The summed E-state index contributed by atoms with van der Waals surface area (Å²) >= 11 is 6.91. The second-order valence-corrected chi connectivity index (χ2v) is 7.29. The molecule has 3 saturated heterocycles. The van der Waals surface area contributed by atoms with Crippen LogP contribution in [-0.4, -0.2) is 41.5 Å². The van der Waals surface area contributed by atoms with Crippen molar-refractivity contribution in [3.8, 4) is 11.1 Å². The highest BCUT2D eigenvalue weighted by atomic mass is 35.5. The average molecular weight is 354 g/mol. The number of piperidine rings is 3. The Labute approximate surface area is 142 Å². The van der Waals surface area contributed by atoms with Gasteiger partial charge in [0.15, 0.2) is 5.06 Å². The monoisotopic (exact) mass is 353 g/mol. The first-order valence-electron chi connectivity index (χ1n) is 7.59. The summed E-state index contributed by atoms with van der Waals surface area (Å²) in [5.74, 6) is 0.558. The third kappa shape index (κ3) is 3.22. The predicted octanol–water partition coefficient (Wildman–Crippen LogP) is 3.01. The molecule has 3 aliphatic heterocycles. The fraction of sp³-hybridized carbons (Fsp3) is 0.467. The van der Waals surface area contributed by atoms with Crippen LogP contribution < -0.4 is 10.1 Å². The number of thiophene rings is 1. The van der Waals surface area contributed by atoms with Crippen LogP contribution in [0.3, 0.4) is 0 Å². The molecule has 1 amide bonds. The lowest BCUT2D eigenvalue weighted by molar-refractivity contribution is 0.0622. The third-order valence-electron chi connectivity index (χ3n) is 4.42. The molecular weight excluding hydrogens is 338 g/mol. The molecule has 0 aliphatic carbocycles. The molecule has 1 unspecified atom stereocenters. The normalized spacial score (nSPS) is 26.2. The van der Waals surface area contributed by atoms with Gasteiger partial charge in [-0.1, -0.05) is 11.3 Å². The van der Waals surface area contributed by atoms with Crippen molar-refractivity contribution in [1.29, 1.82) is 0 Å². The molecule has 1 N–H and O–H groups in total. The third-order valence-corrected chi connectivity index (χ3v) is 5.56. The number of nitrogens with one attached hydrogen (secondary N) is 1. The number of ether oxygens (including phenoxy) is 1. The van der Waals surface area contributed by atoms with Crippen LogP contribution in [-0.2, 0) is 0 Å². The maximum Gasteiger partial charge on any atom is 0.401 e. The van der Waals surface area contributed by atoms with Crippen LogP contribution in [0.1, 0.15) is 22.5 Å². The number of oxazole rings is 1. The number of aromatic nitrogens is 1. The summed E-state index contributed by atoms with van der Waals surface area (Å²) in [6.45, 7) is 3.28. The molecule has 3 aliphatic rings. The number of hydrogen-bond donors (Lipinski definition) is 1. The summed E-state index contributed by atoms with van der Waals surface area (Å²) in [7, 11) is 0. The molecular formula is C15H16ClN3O3S. The van der Waals surface area contributed by atoms with Crippen LogP contribution in [0.25, 0.3) is 0 Å². The highest BCUT2D eigenvalue weighted by Gasteiger charge is 2.35. The van der Waals surface area contributed by atoms with E-state index in [4.69, 9.17) is 20.8 Å². The van der Waals surface area contributed by atoms with Crippen LogP contribution in [0.15, 0.2) is 22.7 Å². The molecule has 2 aromatic rings. The molecule has 0 radical (unpaired) electrons. The van der Waals surface area contributed by atoms with E-state index in [-0.39, 0.29) is 23.2 Å². The summed E-state index contributed by atoms with van der Waals surface area (Å²) in [6.07, 6.45) is 3.79.